The number of amides is 1. The van der Waals surface area contributed by atoms with E-state index in [-0.39, 0.29) is 12.5 Å². The Hall–Kier alpha value is -3.04. The number of hydrogen-bond donors (Lipinski definition) is 4. The van der Waals surface area contributed by atoms with Gasteiger partial charge in [0.25, 0.3) is 5.91 Å². The highest BCUT2D eigenvalue weighted by molar-refractivity contribution is 7.17. The van der Waals surface area contributed by atoms with Gasteiger partial charge in [0.2, 0.25) is 0 Å². The molecule has 0 saturated carbocycles. The van der Waals surface area contributed by atoms with Crippen molar-refractivity contribution in [1.82, 2.24) is 15.0 Å². The number of carbonyl (C=O) groups is 1. The zero-order valence-electron chi connectivity index (χ0n) is 14.1. The maximum absolute atomic E-state index is 12.3. The quantitative estimate of drug-likeness (QED) is 0.506. The molecular formula is C17H18N6O2S. The van der Waals surface area contributed by atoms with E-state index in [1.165, 1.54) is 17.5 Å². The molecule has 0 radical (unpaired) electrons. The highest BCUT2D eigenvalue weighted by atomic mass is 32.1. The van der Waals surface area contributed by atoms with Crippen molar-refractivity contribution in [2.75, 3.05) is 29.1 Å². The van der Waals surface area contributed by atoms with Crippen LogP contribution in [0.1, 0.15) is 15.5 Å². The first-order valence-electron chi connectivity index (χ1n) is 7.94. The van der Waals surface area contributed by atoms with Crippen LogP contribution in [0.15, 0.2) is 42.6 Å². The third kappa shape index (κ3) is 4.74. The molecule has 8 nitrogen and oxygen atoms in total. The Bertz CT molecular complexity index is 884. The molecular weight excluding hydrogens is 352 g/mol. The Morgan fingerprint density at radius 2 is 1.96 bits per heavy atom. The van der Waals surface area contributed by atoms with Crippen LogP contribution in [0, 0.1) is 6.92 Å². The molecule has 0 unspecified atom stereocenters. The minimum absolute atomic E-state index is 0.0121. The number of nitrogens with one attached hydrogen (secondary N) is 3. The molecule has 4 N–H and O–H groups in total. The Kier molecular flexibility index (Phi) is 5.72. The number of aliphatic hydroxyl groups excluding tert-OH is 1. The highest BCUT2D eigenvalue weighted by Crippen LogP contribution is 2.23. The summed E-state index contributed by atoms with van der Waals surface area (Å²) in [5.41, 5.74) is 0.728. The van der Waals surface area contributed by atoms with Gasteiger partial charge in [0, 0.05) is 18.3 Å². The van der Waals surface area contributed by atoms with Crippen molar-refractivity contribution in [3.63, 3.8) is 0 Å². The molecule has 0 aliphatic carbocycles. The predicted molar refractivity (Wildman–Crippen MR) is 102 cm³/mol. The summed E-state index contributed by atoms with van der Waals surface area (Å²) >= 11 is 1.23. The molecule has 0 spiro atoms. The average molecular weight is 370 g/mol. The number of rotatable bonds is 7. The molecule has 3 rings (SSSR count). The zero-order valence-corrected chi connectivity index (χ0v) is 14.9. The van der Waals surface area contributed by atoms with Crippen molar-refractivity contribution >= 4 is 39.7 Å². The first kappa shape index (κ1) is 17.8. The number of anilines is 4. The minimum atomic E-state index is -0.217. The van der Waals surface area contributed by atoms with Gasteiger partial charge in [0.05, 0.1) is 12.8 Å². The van der Waals surface area contributed by atoms with Gasteiger partial charge in [0.15, 0.2) is 5.13 Å². The van der Waals surface area contributed by atoms with E-state index in [1.807, 2.05) is 30.3 Å². The zero-order chi connectivity index (χ0) is 18.4. The smallest absolute Gasteiger partial charge is 0.267 e. The van der Waals surface area contributed by atoms with Crippen LogP contribution in [0.2, 0.25) is 0 Å². The molecule has 2 aromatic heterocycles. The number of hydrogen-bond acceptors (Lipinski definition) is 8. The molecule has 0 fully saturated rings. The predicted octanol–water partition coefficient (Wildman–Crippen LogP) is 2.64. The minimum Gasteiger partial charge on any atom is -0.395 e. The second-order valence-corrected chi connectivity index (χ2v) is 6.34. The fraction of sp³-hybridized carbons (Fsp3) is 0.176. The number of carbonyl (C=O) groups excluding carboxylic acids is 1. The van der Waals surface area contributed by atoms with Crippen molar-refractivity contribution in [2.24, 2.45) is 0 Å². The number of aryl methyl sites for hydroxylation is 1. The van der Waals surface area contributed by atoms with Crippen LogP contribution in [0.25, 0.3) is 0 Å². The summed E-state index contributed by atoms with van der Waals surface area (Å²) in [7, 11) is 0. The molecule has 1 amide bonds. The van der Waals surface area contributed by atoms with Gasteiger partial charge in [-0.15, -0.1) is 0 Å². The molecule has 3 aromatic rings. The van der Waals surface area contributed by atoms with E-state index in [9.17, 15) is 4.79 Å². The van der Waals surface area contributed by atoms with Crippen LogP contribution < -0.4 is 16.0 Å². The lowest BCUT2D eigenvalue weighted by Crippen LogP contribution is -2.09. The molecule has 1 aromatic carbocycles. The van der Waals surface area contributed by atoms with Gasteiger partial charge in [-0.3, -0.25) is 4.79 Å². The number of aromatic nitrogens is 3. The van der Waals surface area contributed by atoms with E-state index in [0.29, 0.717) is 34.0 Å². The van der Waals surface area contributed by atoms with Gasteiger partial charge in [-0.25, -0.2) is 15.0 Å². The second kappa shape index (κ2) is 8.37. The standard InChI is InChI=1S/C17H18N6O2S/c1-11-20-14(18-7-8-24)9-15(21-11)23-17-19-10-13(26-17)16(25)22-12-5-3-2-4-6-12/h2-6,9-10,24H,7-8H2,1H3,(H,22,25)(H2,18,19,20,21,23). The van der Waals surface area contributed by atoms with Crippen molar-refractivity contribution in [2.45, 2.75) is 6.92 Å². The fourth-order valence-corrected chi connectivity index (χ4v) is 2.89. The SMILES string of the molecule is Cc1nc(NCCO)cc(Nc2ncc(C(=O)Nc3ccccc3)s2)n1. The van der Waals surface area contributed by atoms with Gasteiger partial charge in [-0.05, 0) is 19.1 Å². The van der Waals surface area contributed by atoms with Crippen LogP contribution >= 0.6 is 11.3 Å². The first-order chi connectivity index (χ1) is 12.6. The number of benzene rings is 1. The lowest BCUT2D eigenvalue weighted by atomic mass is 10.3. The van der Waals surface area contributed by atoms with Gasteiger partial charge in [-0.1, -0.05) is 29.5 Å². The Morgan fingerprint density at radius 3 is 2.73 bits per heavy atom. The summed E-state index contributed by atoms with van der Waals surface area (Å²) in [6.45, 7) is 2.19. The van der Waals surface area contributed by atoms with Gasteiger partial charge in [0.1, 0.15) is 22.3 Å². The summed E-state index contributed by atoms with van der Waals surface area (Å²) in [5, 5.41) is 18.3. The van der Waals surface area contributed by atoms with Gasteiger partial charge in [-0.2, -0.15) is 0 Å². The molecule has 0 aliphatic heterocycles. The summed E-state index contributed by atoms with van der Waals surface area (Å²) < 4.78 is 0. The van der Waals surface area contributed by atoms with Crippen molar-refractivity contribution in [3.8, 4) is 0 Å². The number of para-hydroxylation sites is 1. The third-order valence-corrected chi connectivity index (χ3v) is 4.16. The lowest BCUT2D eigenvalue weighted by molar-refractivity contribution is 0.103. The van der Waals surface area contributed by atoms with Crippen LogP contribution in [0.4, 0.5) is 22.5 Å². The Balaban J connectivity index is 1.68. The summed E-state index contributed by atoms with van der Waals surface area (Å²) in [4.78, 5) is 25.5. The Labute approximate surface area is 154 Å². The average Bonchev–Trinajstić information content (AvgIpc) is 3.09. The van der Waals surface area contributed by atoms with Gasteiger partial charge >= 0.3 is 0 Å². The maximum atomic E-state index is 12.3. The first-order valence-corrected chi connectivity index (χ1v) is 8.75. The number of aliphatic hydroxyl groups is 1. The third-order valence-electron chi connectivity index (χ3n) is 3.25. The van der Waals surface area contributed by atoms with Crippen molar-refractivity contribution < 1.29 is 9.90 Å². The van der Waals surface area contributed by atoms with Crippen LogP contribution in [0.3, 0.4) is 0 Å². The van der Waals surface area contributed by atoms with E-state index in [2.05, 4.69) is 30.9 Å². The normalized spacial score (nSPS) is 10.4. The van der Waals surface area contributed by atoms with E-state index >= 15 is 0 Å². The van der Waals surface area contributed by atoms with Crippen molar-refractivity contribution in [1.29, 1.82) is 0 Å². The van der Waals surface area contributed by atoms with Crippen LogP contribution in [0.5, 0.6) is 0 Å². The monoisotopic (exact) mass is 370 g/mol. The van der Waals surface area contributed by atoms with Crippen LogP contribution in [-0.4, -0.2) is 39.1 Å². The molecule has 0 atom stereocenters. The van der Waals surface area contributed by atoms with Crippen LogP contribution in [-0.2, 0) is 0 Å². The molecule has 2 heterocycles. The van der Waals surface area contributed by atoms with E-state index in [1.54, 1.807) is 13.0 Å². The van der Waals surface area contributed by atoms with E-state index in [0.717, 1.165) is 5.69 Å². The molecule has 0 bridgehead atoms. The second-order valence-electron chi connectivity index (χ2n) is 5.31. The molecule has 9 heteroatoms. The summed E-state index contributed by atoms with van der Waals surface area (Å²) in [5.74, 6) is 1.52. The maximum Gasteiger partial charge on any atom is 0.267 e. The lowest BCUT2D eigenvalue weighted by Gasteiger charge is -2.07. The van der Waals surface area contributed by atoms with Crippen molar-refractivity contribution in [3.05, 3.63) is 53.3 Å². The highest BCUT2D eigenvalue weighted by Gasteiger charge is 2.12. The van der Waals surface area contributed by atoms with E-state index in [4.69, 9.17) is 5.11 Å². The molecule has 26 heavy (non-hydrogen) atoms. The Morgan fingerprint density at radius 1 is 1.19 bits per heavy atom. The number of thiazole rings is 1. The molecule has 0 aliphatic rings. The fourth-order valence-electron chi connectivity index (χ4n) is 2.17. The van der Waals surface area contributed by atoms with E-state index < -0.39 is 0 Å². The van der Waals surface area contributed by atoms with Gasteiger partial charge < -0.3 is 21.1 Å². The largest absolute Gasteiger partial charge is 0.395 e. The molecule has 134 valence electrons. The molecule has 0 saturated heterocycles. The summed E-state index contributed by atoms with van der Waals surface area (Å²) in [6, 6.07) is 11.0. The summed E-state index contributed by atoms with van der Waals surface area (Å²) in [6.07, 6.45) is 1.52. The topological polar surface area (TPSA) is 112 Å². The number of nitrogens with zero attached hydrogens (tertiary/aromatic N) is 3.